The topological polar surface area (TPSA) is 38.3 Å². The minimum atomic E-state index is -0.460. The molecular formula is C17H23NO2. The van der Waals surface area contributed by atoms with Gasteiger partial charge in [0.15, 0.2) is 0 Å². The fraction of sp³-hybridized carbons (Fsp3) is 0.588. The lowest BCUT2D eigenvalue weighted by atomic mass is 9.78. The van der Waals surface area contributed by atoms with Gasteiger partial charge >= 0.3 is 5.97 Å². The third kappa shape index (κ3) is 2.35. The molecule has 0 saturated carbocycles. The average molecular weight is 273 g/mol. The van der Waals surface area contributed by atoms with Crippen LogP contribution in [0.3, 0.4) is 0 Å². The highest BCUT2D eigenvalue weighted by Crippen LogP contribution is 2.47. The summed E-state index contributed by atoms with van der Waals surface area (Å²) in [4.78, 5) is 12.5. The molecule has 2 aliphatic heterocycles. The van der Waals surface area contributed by atoms with Gasteiger partial charge in [0.25, 0.3) is 0 Å². The van der Waals surface area contributed by atoms with Crippen LogP contribution in [0.15, 0.2) is 30.3 Å². The molecule has 1 N–H and O–H groups in total. The number of nitrogens with one attached hydrogen (secondary N) is 1. The lowest BCUT2D eigenvalue weighted by Gasteiger charge is -2.30. The molecule has 2 bridgehead atoms. The van der Waals surface area contributed by atoms with Gasteiger partial charge in [0.1, 0.15) is 11.1 Å². The van der Waals surface area contributed by atoms with E-state index >= 15 is 0 Å². The molecule has 3 atom stereocenters. The summed E-state index contributed by atoms with van der Waals surface area (Å²) < 4.78 is 5.63. The van der Waals surface area contributed by atoms with Gasteiger partial charge in [-0.1, -0.05) is 30.3 Å². The first-order valence-electron chi connectivity index (χ1n) is 7.46. The van der Waals surface area contributed by atoms with Crippen molar-refractivity contribution in [3.05, 3.63) is 35.9 Å². The first-order chi connectivity index (χ1) is 9.40. The lowest BCUT2D eigenvalue weighted by molar-refractivity contribution is -0.162. The molecule has 0 aliphatic carbocycles. The smallest absolute Gasteiger partial charge is 0.326 e. The average Bonchev–Trinajstić information content (AvgIpc) is 2.97. The Kier molecular flexibility index (Phi) is 3.13. The summed E-state index contributed by atoms with van der Waals surface area (Å²) in [5, 5.41) is 3.54. The molecule has 2 aliphatic rings. The third-order valence-corrected chi connectivity index (χ3v) is 4.42. The Bertz CT molecular complexity index is 505. The zero-order valence-corrected chi connectivity index (χ0v) is 12.5. The molecule has 1 aromatic carbocycles. The monoisotopic (exact) mass is 273 g/mol. The molecule has 0 amide bonds. The number of benzene rings is 1. The quantitative estimate of drug-likeness (QED) is 0.842. The summed E-state index contributed by atoms with van der Waals surface area (Å²) in [7, 11) is 0. The van der Waals surface area contributed by atoms with E-state index in [9.17, 15) is 4.79 Å². The van der Waals surface area contributed by atoms with Crippen LogP contribution in [-0.2, 0) is 9.53 Å². The largest absolute Gasteiger partial charge is 0.459 e. The highest BCUT2D eigenvalue weighted by atomic mass is 16.6. The Balaban J connectivity index is 1.79. The van der Waals surface area contributed by atoms with Crippen LogP contribution in [0.1, 0.15) is 51.5 Å². The van der Waals surface area contributed by atoms with E-state index in [0.29, 0.717) is 12.0 Å². The number of fused-ring (bicyclic) bond motifs is 2. The van der Waals surface area contributed by atoms with Gasteiger partial charge in [-0.3, -0.25) is 10.1 Å². The summed E-state index contributed by atoms with van der Waals surface area (Å²) in [6.07, 6.45) is 2.81. The number of carbonyl (C=O) groups excluding carboxylic acids is 1. The molecule has 108 valence electrons. The molecule has 0 spiro atoms. The zero-order valence-electron chi connectivity index (χ0n) is 12.5. The van der Waals surface area contributed by atoms with Crippen molar-refractivity contribution in [1.82, 2.24) is 5.32 Å². The van der Waals surface area contributed by atoms with Crippen LogP contribution in [0.5, 0.6) is 0 Å². The highest BCUT2D eigenvalue weighted by Gasteiger charge is 2.56. The summed E-state index contributed by atoms with van der Waals surface area (Å²) in [5.74, 6) is 0.350. The Morgan fingerprint density at radius 3 is 2.65 bits per heavy atom. The van der Waals surface area contributed by atoms with Crippen molar-refractivity contribution in [1.29, 1.82) is 0 Å². The van der Waals surface area contributed by atoms with Crippen molar-refractivity contribution in [2.75, 3.05) is 0 Å². The summed E-state index contributed by atoms with van der Waals surface area (Å²) in [6.45, 7) is 5.78. The van der Waals surface area contributed by atoms with Gasteiger partial charge in [-0.05, 0) is 45.6 Å². The zero-order chi connectivity index (χ0) is 14.4. The van der Waals surface area contributed by atoms with Crippen LogP contribution < -0.4 is 5.32 Å². The predicted molar refractivity (Wildman–Crippen MR) is 78.5 cm³/mol. The fourth-order valence-electron chi connectivity index (χ4n) is 3.55. The van der Waals surface area contributed by atoms with Crippen LogP contribution in [-0.4, -0.2) is 23.2 Å². The van der Waals surface area contributed by atoms with Crippen LogP contribution >= 0.6 is 0 Å². The van der Waals surface area contributed by atoms with Gasteiger partial charge in [0, 0.05) is 12.0 Å². The van der Waals surface area contributed by atoms with E-state index in [-0.39, 0.29) is 5.97 Å². The first kappa shape index (κ1) is 13.6. The molecule has 0 aromatic heterocycles. The molecule has 1 aromatic rings. The number of rotatable bonds is 2. The van der Waals surface area contributed by atoms with Gasteiger partial charge in [-0.25, -0.2) is 0 Å². The van der Waals surface area contributed by atoms with Crippen molar-refractivity contribution >= 4 is 5.97 Å². The number of hydrogen-bond acceptors (Lipinski definition) is 3. The summed E-state index contributed by atoms with van der Waals surface area (Å²) in [6, 6.07) is 10.9. The van der Waals surface area contributed by atoms with Crippen molar-refractivity contribution < 1.29 is 9.53 Å². The number of esters is 1. The maximum Gasteiger partial charge on any atom is 0.326 e. The molecule has 2 heterocycles. The third-order valence-electron chi connectivity index (χ3n) is 4.42. The number of carbonyl (C=O) groups is 1. The van der Waals surface area contributed by atoms with Crippen molar-refractivity contribution in [2.24, 2.45) is 0 Å². The van der Waals surface area contributed by atoms with Gasteiger partial charge in [-0.15, -0.1) is 0 Å². The van der Waals surface area contributed by atoms with Crippen LogP contribution in [0.25, 0.3) is 0 Å². The standard InChI is InChI=1S/C17H23NO2/c1-16(2,3)20-15(19)17-10-9-14(18-17)13(11-17)12-7-5-4-6-8-12/h4-8,13-14,18H,9-11H2,1-3H3/t13-,14+,17-/m0/s1. The SMILES string of the molecule is CC(C)(C)OC(=O)[C@@]12CC[C@@H](N1)[C@H](c1ccccc1)C2. The minimum absolute atomic E-state index is 0.0778. The maximum atomic E-state index is 12.5. The van der Waals surface area contributed by atoms with E-state index in [2.05, 4.69) is 29.6 Å². The Morgan fingerprint density at radius 1 is 1.30 bits per heavy atom. The van der Waals surface area contributed by atoms with Crippen LogP contribution in [0, 0.1) is 0 Å². The molecule has 3 nitrogen and oxygen atoms in total. The van der Waals surface area contributed by atoms with Gasteiger partial charge < -0.3 is 4.74 Å². The minimum Gasteiger partial charge on any atom is -0.459 e. The molecule has 2 fully saturated rings. The molecule has 2 saturated heterocycles. The molecule has 3 rings (SSSR count). The lowest BCUT2D eigenvalue weighted by Crippen LogP contribution is -2.48. The second kappa shape index (κ2) is 4.59. The van der Waals surface area contributed by atoms with Crippen LogP contribution in [0.2, 0.25) is 0 Å². The van der Waals surface area contributed by atoms with Crippen molar-refractivity contribution in [2.45, 2.75) is 63.1 Å². The Hall–Kier alpha value is -1.35. The molecule has 0 radical (unpaired) electrons. The summed E-state index contributed by atoms with van der Waals surface area (Å²) >= 11 is 0. The maximum absolute atomic E-state index is 12.5. The van der Waals surface area contributed by atoms with E-state index in [0.717, 1.165) is 19.3 Å². The second-order valence-electron chi connectivity index (χ2n) is 7.09. The predicted octanol–water partition coefficient (Wildman–Crippen LogP) is 3.01. The molecule has 0 unspecified atom stereocenters. The van der Waals surface area contributed by atoms with Crippen molar-refractivity contribution in [3.8, 4) is 0 Å². The van der Waals surface area contributed by atoms with Gasteiger partial charge in [-0.2, -0.15) is 0 Å². The molecular weight excluding hydrogens is 250 g/mol. The molecule has 20 heavy (non-hydrogen) atoms. The van der Waals surface area contributed by atoms with E-state index in [4.69, 9.17) is 4.74 Å². The fourth-order valence-corrected chi connectivity index (χ4v) is 3.55. The second-order valence-corrected chi connectivity index (χ2v) is 7.09. The van der Waals surface area contributed by atoms with Crippen molar-refractivity contribution in [3.63, 3.8) is 0 Å². The van der Waals surface area contributed by atoms with E-state index in [1.165, 1.54) is 5.56 Å². The van der Waals surface area contributed by atoms with E-state index < -0.39 is 11.1 Å². The number of hydrogen-bond donors (Lipinski definition) is 1. The normalized spacial score (nSPS) is 32.4. The Labute approximate surface area is 120 Å². The van der Waals surface area contributed by atoms with E-state index in [1.807, 2.05) is 26.8 Å². The molecule has 3 heteroatoms. The Morgan fingerprint density at radius 2 is 2.00 bits per heavy atom. The first-order valence-corrected chi connectivity index (χ1v) is 7.46. The van der Waals surface area contributed by atoms with E-state index in [1.54, 1.807) is 0 Å². The van der Waals surface area contributed by atoms with Crippen LogP contribution in [0.4, 0.5) is 0 Å². The van der Waals surface area contributed by atoms with Gasteiger partial charge in [0.05, 0.1) is 0 Å². The summed E-state index contributed by atoms with van der Waals surface area (Å²) in [5.41, 5.74) is 0.449. The van der Waals surface area contributed by atoms with Gasteiger partial charge in [0.2, 0.25) is 0 Å². The number of ether oxygens (including phenoxy) is 1. The highest BCUT2D eigenvalue weighted by molar-refractivity contribution is 5.82.